The fraction of sp³-hybridized carbons (Fsp3) is 0.267. The van der Waals surface area contributed by atoms with Crippen LogP contribution in [0, 0.1) is 6.92 Å². The highest BCUT2D eigenvalue weighted by Gasteiger charge is 2.12. The van der Waals surface area contributed by atoms with Gasteiger partial charge in [-0.25, -0.2) is 4.79 Å². The van der Waals surface area contributed by atoms with Gasteiger partial charge in [0.05, 0.1) is 17.9 Å². The predicted molar refractivity (Wildman–Crippen MR) is 77.8 cm³/mol. The molecule has 0 radical (unpaired) electrons. The SMILES string of the molecule is CCOc1ccc(C(=O)OCC(=O)Nc2cc(C)no2)cc1. The number of benzene rings is 1. The molecule has 0 unspecified atom stereocenters. The van der Waals surface area contributed by atoms with Crippen LogP contribution in [-0.2, 0) is 9.53 Å². The van der Waals surface area contributed by atoms with Crippen molar-refractivity contribution in [3.8, 4) is 5.75 Å². The Balaban J connectivity index is 1.82. The minimum Gasteiger partial charge on any atom is -0.494 e. The summed E-state index contributed by atoms with van der Waals surface area (Å²) in [7, 11) is 0. The Morgan fingerprint density at radius 2 is 2.00 bits per heavy atom. The second-order valence-electron chi connectivity index (χ2n) is 4.41. The Labute approximate surface area is 127 Å². The molecule has 0 aliphatic carbocycles. The van der Waals surface area contributed by atoms with Crippen LogP contribution >= 0.6 is 0 Å². The number of rotatable bonds is 6. The number of ether oxygens (including phenoxy) is 2. The number of aryl methyl sites for hydroxylation is 1. The lowest BCUT2D eigenvalue weighted by Gasteiger charge is -2.06. The molecule has 2 rings (SSSR count). The average Bonchev–Trinajstić information content (AvgIpc) is 2.91. The van der Waals surface area contributed by atoms with Crippen molar-refractivity contribution in [1.82, 2.24) is 5.16 Å². The van der Waals surface area contributed by atoms with Crippen molar-refractivity contribution in [1.29, 1.82) is 0 Å². The maximum Gasteiger partial charge on any atom is 0.338 e. The summed E-state index contributed by atoms with van der Waals surface area (Å²) in [6, 6.07) is 8.04. The van der Waals surface area contributed by atoms with Crippen molar-refractivity contribution >= 4 is 17.8 Å². The van der Waals surface area contributed by atoms with E-state index < -0.39 is 18.5 Å². The van der Waals surface area contributed by atoms with Gasteiger partial charge in [-0.05, 0) is 38.1 Å². The van der Waals surface area contributed by atoms with Crippen molar-refractivity contribution in [2.75, 3.05) is 18.5 Å². The molecule has 0 aliphatic rings. The van der Waals surface area contributed by atoms with Gasteiger partial charge in [-0.1, -0.05) is 5.16 Å². The molecular weight excluding hydrogens is 288 g/mol. The van der Waals surface area contributed by atoms with E-state index in [4.69, 9.17) is 14.0 Å². The number of anilines is 1. The molecule has 7 heteroatoms. The molecule has 0 saturated heterocycles. The minimum atomic E-state index is -0.591. The second kappa shape index (κ2) is 7.26. The Hall–Kier alpha value is -2.83. The molecule has 1 aromatic heterocycles. The highest BCUT2D eigenvalue weighted by Crippen LogP contribution is 2.13. The number of carbonyl (C=O) groups excluding carboxylic acids is 2. The Morgan fingerprint density at radius 3 is 2.59 bits per heavy atom. The normalized spacial score (nSPS) is 10.1. The van der Waals surface area contributed by atoms with Gasteiger partial charge in [0, 0.05) is 6.07 Å². The highest BCUT2D eigenvalue weighted by molar-refractivity contribution is 5.94. The Morgan fingerprint density at radius 1 is 1.27 bits per heavy atom. The van der Waals surface area contributed by atoms with Crippen molar-refractivity contribution in [3.05, 3.63) is 41.6 Å². The second-order valence-corrected chi connectivity index (χ2v) is 4.41. The van der Waals surface area contributed by atoms with Crippen molar-refractivity contribution in [3.63, 3.8) is 0 Å². The van der Waals surface area contributed by atoms with Crippen LogP contribution in [0.25, 0.3) is 0 Å². The van der Waals surface area contributed by atoms with E-state index in [9.17, 15) is 9.59 Å². The summed E-state index contributed by atoms with van der Waals surface area (Å²) >= 11 is 0. The highest BCUT2D eigenvalue weighted by atomic mass is 16.5. The van der Waals surface area contributed by atoms with E-state index in [0.29, 0.717) is 23.6 Å². The molecule has 7 nitrogen and oxygen atoms in total. The van der Waals surface area contributed by atoms with Crippen molar-refractivity contribution in [2.45, 2.75) is 13.8 Å². The van der Waals surface area contributed by atoms with Gasteiger partial charge in [0.2, 0.25) is 5.88 Å². The first kappa shape index (κ1) is 15.6. The minimum absolute atomic E-state index is 0.208. The quantitative estimate of drug-likeness (QED) is 0.823. The van der Waals surface area contributed by atoms with Crippen LogP contribution in [0.5, 0.6) is 5.75 Å². The number of hydrogen-bond acceptors (Lipinski definition) is 6. The van der Waals surface area contributed by atoms with Gasteiger partial charge >= 0.3 is 5.97 Å². The number of esters is 1. The maximum atomic E-state index is 11.8. The molecule has 1 amide bonds. The first-order valence-electron chi connectivity index (χ1n) is 6.71. The molecule has 22 heavy (non-hydrogen) atoms. The fourth-order valence-electron chi connectivity index (χ4n) is 1.66. The molecule has 0 spiro atoms. The Kier molecular flexibility index (Phi) is 5.13. The lowest BCUT2D eigenvalue weighted by Crippen LogP contribution is -2.20. The number of hydrogen-bond donors (Lipinski definition) is 1. The zero-order chi connectivity index (χ0) is 15.9. The lowest BCUT2D eigenvalue weighted by atomic mass is 10.2. The summed E-state index contributed by atoms with van der Waals surface area (Å²) in [4.78, 5) is 23.4. The van der Waals surface area contributed by atoms with Crippen LogP contribution in [0.4, 0.5) is 5.88 Å². The van der Waals surface area contributed by atoms with Crippen LogP contribution in [0.3, 0.4) is 0 Å². The van der Waals surface area contributed by atoms with E-state index in [1.807, 2.05) is 6.92 Å². The molecule has 0 fully saturated rings. The van der Waals surface area contributed by atoms with Crippen LogP contribution in [0.2, 0.25) is 0 Å². The summed E-state index contributed by atoms with van der Waals surface area (Å²) in [5.74, 6) is -0.223. The molecule has 0 atom stereocenters. The van der Waals surface area contributed by atoms with Gasteiger partial charge in [-0.3, -0.25) is 10.1 Å². The van der Waals surface area contributed by atoms with E-state index in [0.717, 1.165) is 0 Å². The van der Waals surface area contributed by atoms with Crippen molar-refractivity contribution < 1.29 is 23.6 Å². The van der Waals surface area contributed by atoms with E-state index in [-0.39, 0.29) is 5.88 Å². The van der Waals surface area contributed by atoms with Gasteiger partial charge in [0.1, 0.15) is 5.75 Å². The van der Waals surface area contributed by atoms with Gasteiger partial charge in [-0.15, -0.1) is 0 Å². The van der Waals surface area contributed by atoms with Gasteiger partial charge in [0.25, 0.3) is 5.91 Å². The van der Waals surface area contributed by atoms with E-state index >= 15 is 0 Å². The monoisotopic (exact) mass is 304 g/mol. The third-order valence-corrected chi connectivity index (χ3v) is 2.63. The number of amides is 1. The van der Waals surface area contributed by atoms with Crippen LogP contribution in [0.1, 0.15) is 23.0 Å². The maximum absolute atomic E-state index is 11.8. The van der Waals surface area contributed by atoms with Crippen LogP contribution < -0.4 is 10.1 Å². The first-order chi connectivity index (χ1) is 10.6. The molecule has 1 aromatic carbocycles. The third kappa shape index (κ3) is 4.34. The van der Waals surface area contributed by atoms with Gasteiger partial charge < -0.3 is 14.0 Å². The molecule has 0 aliphatic heterocycles. The summed E-state index contributed by atoms with van der Waals surface area (Å²) in [5.41, 5.74) is 0.980. The molecule has 116 valence electrons. The zero-order valence-electron chi connectivity index (χ0n) is 12.3. The van der Waals surface area contributed by atoms with Gasteiger partial charge in [-0.2, -0.15) is 0 Å². The predicted octanol–water partition coefficient (Wildman–Crippen LogP) is 2.18. The smallest absolute Gasteiger partial charge is 0.338 e. The summed E-state index contributed by atoms with van der Waals surface area (Å²) in [6.07, 6.45) is 0. The van der Waals surface area contributed by atoms with Gasteiger partial charge in [0.15, 0.2) is 6.61 Å². The number of nitrogens with zero attached hydrogens (tertiary/aromatic N) is 1. The number of nitrogens with one attached hydrogen (secondary N) is 1. The van der Waals surface area contributed by atoms with Crippen LogP contribution in [0.15, 0.2) is 34.9 Å². The summed E-state index contributed by atoms with van der Waals surface area (Å²) in [6.45, 7) is 3.73. The molecule has 1 heterocycles. The van der Waals surface area contributed by atoms with Crippen molar-refractivity contribution in [2.24, 2.45) is 0 Å². The molecule has 1 N–H and O–H groups in total. The molecule has 0 bridgehead atoms. The number of carbonyl (C=O) groups is 2. The largest absolute Gasteiger partial charge is 0.494 e. The molecule has 0 saturated carbocycles. The number of aromatic nitrogens is 1. The fourth-order valence-corrected chi connectivity index (χ4v) is 1.66. The lowest BCUT2D eigenvalue weighted by molar-refractivity contribution is -0.119. The molecular formula is C15H16N2O5. The average molecular weight is 304 g/mol. The topological polar surface area (TPSA) is 90.7 Å². The van der Waals surface area contributed by atoms with E-state index in [1.165, 1.54) is 0 Å². The standard InChI is InChI=1S/C15H16N2O5/c1-3-20-12-6-4-11(5-7-12)15(19)21-9-13(18)16-14-8-10(2)17-22-14/h4-8H,3,9H2,1-2H3,(H,16,18). The first-order valence-corrected chi connectivity index (χ1v) is 6.71. The van der Waals surface area contributed by atoms with Crippen LogP contribution in [-0.4, -0.2) is 30.2 Å². The summed E-state index contributed by atoms with van der Waals surface area (Å²) < 4.78 is 15.0. The Bertz CT molecular complexity index is 648. The van der Waals surface area contributed by atoms with E-state index in [1.54, 1.807) is 37.3 Å². The summed E-state index contributed by atoms with van der Waals surface area (Å²) in [5, 5.41) is 6.06. The van der Waals surface area contributed by atoms with E-state index in [2.05, 4.69) is 10.5 Å². The molecule has 2 aromatic rings. The third-order valence-electron chi connectivity index (χ3n) is 2.63. The zero-order valence-corrected chi connectivity index (χ0v) is 12.3.